The Labute approximate surface area is 191 Å². The molecule has 2 aromatic carbocycles. The van der Waals surface area contributed by atoms with Crippen LogP contribution in [-0.4, -0.2) is 55.9 Å². The first-order valence-electron chi connectivity index (χ1n) is 9.95. The lowest BCUT2D eigenvalue weighted by molar-refractivity contribution is -0.0440. The third-order valence-corrected chi connectivity index (χ3v) is 7.27. The summed E-state index contributed by atoms with van der Waals surface area (Å²) < 4.78 is 51.5. The van der Waals surface area contributed by atoms with Gasteiger partial charge in [-0.2, -0.15) is 4.31 Å². The van der Waals surface area contributed by atoms with Gasteiger partial charge in [0.15, 0.2) is 6.10 Å². The molecule has 1 aliphatic heterocycles. The molecule has 3 atom stereocenters. The van der Waals surface area contributed by atoms with E-state index in [-0.39, 0.29) is 46.3 Å². The van der Waals surface area contributed by atoms with Gasteiger partial charge in [0.1, 0.15) is 10.7 Å². The summed E-state index contributed by atoms with van der Waals surface area (Å²) in [5, 5.41) is -0.0382. The predicted molar refractivity (Wildman–Crippen MR) is 116 cm³/mol. The quantitative estimate of drug-likeness (QED) is 0.459. The van der Waals surface area contributed by atoms with Crippen LogP contribution >= 0.6 is 11.6 Å². The number of benzene rings is 2. The van der Waals surface area contributed by atoms with Gasteiger partial charge in [-0.05, 0) is 63.2 Å². The summed E-state index contributed by atoms with van der Waals surface area (Å²) in [4.78, 5) is 24.8. The van der Waals surface area contributed by atoms with Gasteiger partial charge >= 0.3 is 5.97 Å². The SMILES string of the molecule is CC1CN(S(=O)(=O)c2cc(C(=O)OC(C)C(=O)c3ccc(F)cc3)ccc2Cl)CC(C)O1. The van der Waals surface area contributed by atoms with E-state index in [1.165, 1.54) is 35.5 Å². The standard InChI is InChI=1S/C22H23ClFNO6S/c1-13-11-25(12-14(2)30-13)32(28,29)20-10-17(6-9-19(20)23)22(27)31-15(3)21(26)16-4-7-18(24)8-5-16/h4-10,13-15H,11-12H2,1-3H3. The number of esters is 1. The molecule has 172 valence electrons. The van der Waals surface area contributed by atoms with Crippen molar-refractivity contribution in [2.75, 3.05) is 13.1 Å². The number of hydrogen-bond acceptors (Lipinski definition) is 6. The van der Waals surface area contributed by atoms with Crippen LogP contribution in [0.15, 0.2) is 47.4 Å². The van der Waals surface area contributed by atoms with Gasteiger partial charge in [0.05, 0.1) is 22.8 Å². The summed E-state index contributed by atoms with van der Waals surface area (Å²) in [7, 11) is -4.00. The van der Waals surface area contributed by atoms with Crippen molar-refractivity contribution in [1.82, 2.24) is 4.31 Å². The van der Waals surface area contributed by atoms with E-state index in [1.807, 2.05) is 0 Å². The average Bonchev–Trinajstić information content (AvgIpc) is 2.73. The molecular formula is C22H23ClFNO6S. The largest absolute Gasteiger partial charge is 0.451 e. The van der Waals surface area contributed by atoms with Gasteiger partial charge in [-0.3, -0.25) is 4.79 Å². The average molecular weight is 484 g/mol. The van der Waals surface area contributed by atoms with Gasteiger partial charge < -0.3 is 9.47 Å². The first-order chi connectivity index (χ1) is 15.0. The molecule has 0 bridgehead atoms. The minimum Gasteiger partial charge on any atom is -0.451 e. The minimum atomic E-state index is -4.00. The number of nitrogens with zero attached hydrogens (tertiary/aromatic N) is 1. The molecule has 0 aromatic heterocycles. The number of halogens is 2. The molecule has 32 heavy (non-hydrogen) atoms. The van der Waals surface area contributed by atoms with Crippen molar-refractivity contribution in [2.45, 2.75) is 44.0 Å². The number of ketones is 1. The predicted octanol–water partition coefficient (Wildman–Crippen LogP) is 3.71. The van der Waals surface area contributed by atoms with Crippen LogP contribution < -0.4 is 0 Å². The number of carbonyl (C=O) groups is 2. The summed E-state index contributed by atoms with van der Waals surface area (Å²) in [5.41, 5.74) is 0.114. The monoisotopic (exact) mass is 483 g/mol. The highest BCUT2D eigenvalue weighted by atomic mass is 35.5. The maximum Gasteiger partial charge on any atom is 0.338 e. The lowest BCUT2D eigenvalue weighted by atomic mass is 10.1. The topological polar surface area (TPSA) is 90.0 Å². The van der Waals surface area contributed by atoms with Gasteiger partial charge in [0.25, 0.3) is 0 Å². The van der Waals surface area contributed by atoms with Crippen LogP contribution in [0.1, 0.15) is 41.5 Å². The van der Waals surface area contributed by atoms with E-state index in [9.17, 15) is 22.4 Å². The maximum atomic E-state index is 13.2. The lowest BCUT2D eigenvalue weighted by Crippen LogP contribution is -2.48. The second-order valence-electron chi connectivity index (χ2n) is 7.64. The van der Waals surface area contributed by atoms with Gasteiger partial charge in [-0.15, -0.1) is 0 Å². The van der Waals surface area contributed by atoms with E-state index in [2.05, 4.69) is 0 Å². The van der Waals surface area contributed by atoms with Crippen LogP contribution in [0.5, 0.6) is 0 Å². The number of ether oxygens (including phenoxy) is 2. The zero-order chi connectivity index (χ0) is 23.6. The van der Waals surface area contributed by atoms with E-state index >= 15 is 0 Å². The molecule has 0 N–H and O–H groups in total. The molecule has 10 heteroatoms. The van der Waals surface area contributed by atoms with Crippen LogP contribution in [-0.2, 0) is 19.5 Å². The van der Waals surface area contributed by atoms with Crippen molar-refractivity contribution in [1.29, 1.82) is 0 Å². The van der Waals surface area contributed by atoms with Crippen LogP contribution in [0.25, 0.3) is 0 Å². The lowest BCUT2D eigenvalue weighted by Gasteiger charge is -2.34. The highest BCUT2D eigenvalue weighted by Crippen LogP contribution is 2.28. The fourth-order valence-electron chi connectivity index (χ4n) is 3.43. The van der Waals surface area contributed by atoms with Crippen LogP contribution in [0, 0.1) is 5.82 Å². The molecule has 3 rings (SSSR count). The van der Waals surface area contributed by atoms with Gasteiger partial charge in [0.2, 0.25) is 15.8 Å². The Bertz CT molecular complexity index is 1110. The van der Waals surface area contributed by atoms with Gasteiger partial charge in [-0.25, -0.2) is 17.6 Å². The normalized spacial score (nSPS) is 20.5. The van der Waals surface area contributed by atoms with Crippen molar-refractivity contribution in [3.05, 3.63) is 64.4 Å². The highest BCUT2D eigenvalue weighted by Gasteiger charge is 2.34. The van der Waals surface area contributed by atoms with E-state index in [1.54, 1.807) is 13.8 Å². The fourth-order valence-corrected chi connectivity index (χ4v) is 5.52. The Hall–Kier alpha value is -2.33. The third-order valence-electron chi connectivity index (χ3n) is 4.95. The zero-order valence-corrected chi connectivity index (χ0v) is 19.3. The summed E-state index contributed by atoms with van der Waals surface area (Å²) in [6.45, 7) is 5.23. The molecule has 1 aliphatic rings. The van der Waals surface area contributed by atoms with Gasteiger partial charge in [0, 0.05) is 18.7 Å². The van der Waals surface area contributed by atoms with Crippen LogP contribution in [0.2, 0.25) is 5.02 Å². The van der Waals surface area contributed by atoms with E-state index in [0.29, 0.717) is 0 Å². The number of rotatable bonds is 6. The van der Waals surface area contributed by atoms with Crippen molar-refractivity contribution >= 4 is 33.4 Å². The molecule has 1 saturated heterocycles. The number of sulfonamides is 1. The van der Waals surface area contributed by atoms with E-state index in [4.69, 9.17) is 21.1 Å². The van der Waals surface area contributed by atoms with Crippen molar-refractivity contribution < 1.29 is 31.9 Å². The Morgan fingerprint density at radius 2 is 1.66 bits per heavy atom. The molecular weight excluding hydrogens is 461 g/mol. The summed E-state index contributed by atoms with van der Waals surface area (Å²) >= 11 is 6.15. The molecule has 3 unspecified atom stereocenters. The first-order valence-corrected chi connectivity index (χ1v) is 11.8. The highest BCUT2D eigenvalue weighted by molar-refractivity contribution is 7.89. The molecule has 1 fully saturated rings. The van der Waals surface area contributed by atoms with Gasteiger partial charge in [-0.1, -0.05) is 11.6 Å². The van der Waals surface area contributed by atoms with Crippen LogP contribution in [0.3, 0.4) is 0 Å². The molecule has 1 heterocycles. The Morgan fingerprint density at radius 3 is 2.25 bits per heavy atom. The fraction of sp³-hybridized carbons (Fsp3) is 0.364. The van der Waals surface area contributed by atoms with Crippen molar-refractivity contribution in [3.8, 4) is 0 Å². The maximum absolute atomic E-state index is 13.2. The zero-order valence-electron chi connectivity index (χ0n) is 17.7. The molecule has 2 aromatic rings. The second-order valence-corrected chi connectivity index (χ2v) is 9.96. The molecule has 0 radical (unpaired) electrons. The van der Waals surface area contributed by atoms with E-state index in [0.717, 1.165) is 18.2 Å². The first kappa shape index (κ1) is 24.3. The Morgan fingerprint density at radius 1 is 1.09 bits per heavy atom. The summed E-state index contributed by atoms with van der Waals surface area (Å²) in [5.74, 6) is -1.90. The smallest absolute Gasteiger partial charge is 0.338 e. The Balaban J connectivity index is 1.80. The van der Waals surface area contributed by atoms with Crippen LogP contribution in [0.4, 0.5) is 4.39 Å². The number of hydrogen-bond donors (Lipinski definition) is 0. The Kier molecular flexibility index (Phi) is 7.34. The minimum absolute atomic E-state index is 0.0382. The number of morpholine rings is 1. The third kappa shape index (κ3) is 5.35. The molecule has 0 amide bonds. The van der Waals surface area contributed by atoms with Crippen molar-refractivity contribution in [3.63, 3.8) is 0 Å². The number of Topliss-reactive ketones (excluding diaryl/α,β-unsaturated/α-hetero) is 1. The molecule has 0 spiro atoms. The molecule has 7 nitrogen and oxygen atoms in total. The molecule has 0 saturated carbocycles. The van der Waals surface area contributed by atoms with Crippen molar-refractivity contribution in [2.24, 2.45) is 0 Å². The molecule has 0 aliphatic carbocycles. The van der Waals surface area contributed by atoms with E-state index < -0.39 is 33.7 Å². The summed E-state index contributed by atoms with van der Waals surface area (Å²) in [6.07, 6.45) is -1.75. The second kappa shape index (κ2) is 9.66. The number of carbonyl (C=O) groups excluding carboxylic acids is 2. The summed E-state index contributed by atoms with van der Waals surface area (Å²) in [6, 6.07) is 8.60.